The average Bonchev–Trinajstić information content (AvgIpc) is 2.26. The van der Waals surface area contributed by atoms with Crippen molar-refractivity contribution in [3.63, 3.8) is 0 Å². The third-order valence-corrected chi connectivity index (χ3v) is 3.20. The summed E-state index contributed by atoms with van der Waals surface area (Å²) in [6.07, 6.45) is -0.150. The number of halogens is 2. The van der Waals surface area contributed by atoms with Crippen molar-refractivity contribution in [2.24, 2.45) is 11.7 Å². The minimum atomic E-state index is -2.26. The summed E-state index contributed by atoms with van der Waals surface area (Å²) in [6.45, 7) is 5.36. The molecule has 5 heteroatoms. The normalized spacial score (nSPS) is 27.6. The molecule has 0 amide bonds. The van der Waals surface area contributed by atoms with Gasteiger partial charge in [0.15, 0.2) is 0 Å². The summed E-state index contributed by atoms with van der Waals surface area (Å²) < 4.78 is 24.2. The van der Waals surface area contributed by atoms with E-state index in [1.165, 1.54) is 0 Å². The largest absolute Gasteiger partial charge is 0.329 e. The number of likely N-dealkylation sites (tertiary alicyclic amines) is 1. The van der Waals surface area contributed by atoms with E-state index in [4.69, 9.17) is 5.73 Å². The Bertz CT molecular complexity index is 190. The second kappa shape index (κ2) is 7.14. The molecule has 1 rings (SSSR count). The fraction of sp³-hybridized carbons (Fsp3) is 1.00. The quantitative estimate of drug-likeness (QED) is 0.719. The first-order chi connectivity index (χ1) is 7.65. The Morgan fingerprint density at radius 1 is 1.44 bits per heavy atom. The number of piperidine rings is 1. The Hall–Kier alpha value is -0.260. The van der Waals surface area contributed by atoms with Crippen LogP contribution in [-0.4, -0.2) is 50.1 Å². The maximum absolute atomic E-state index is 12.1. The molecule has 96 valence electrons. The molecule has 2 atom stereocenters. The molecule has 0 aromatic heterocycles. The van der Waals surface area contributed by atoms with Gasteiger partial charge in [0.05, 0.1) is 6.54 Å². The van der Waals surface area contributed by atoms with Crippen LogP contribution in [0.1, 0.15) is 19.8 Å². The lowest BCUT2D eigenvalue weighted by Crippen LogP contribution is -2.51. The molecular formula is C11H23F2N3. The molecule has 0 aromatic carbocycles. The van der Waals surface area contributed by atoms with E-state index in [9.17, 15) is 8.78 Å². The van der Waals surface area contributed by atoms with Crippen molar-refractivity contribution in [1.82, 2.24) is 10.2 Å². The maximum atomic E-state index is 12.1. The van der Waals surface area contributed by atoms with E-state index >= 15 is 0 Å². The summed E-state index contributed by atoms with van der Waals surface area (Å²) in [7, 11) is 0. The monoisotopic (exact) mass is 235 g/mol. The average molecular weight is 235 g/mol. The molecule has 1 heterocycles. The van der Waals surface area contributed by atoms with Crippen molar-refractivity contribution in [3.05, 3.63) is 0 Å². The molecule has 0 saturated carbocycles. The molecule has 16 heavy (non-hydrogen) atoms. The van der Waals surface area contributed by atoms with Gasteiger partial charge in [0.25, 0.3) is 6.43 Å². The molecule has 0 radical (unpaired) electrons. The van der Waals surface area contributed by atoms with Gasteiger partial charge in [-0.3, -0.25) is 0 Å². The maximum Gasteiger partial charge on any atom is 0.250 e. The smallest absolute Gasteiger partial charge is 0.250 e. The van der Waals surface area contributed by atoms with Gasteiger partial charge in [-0.15, -0.1) is 0 Å². The Morgan fingerprint density at radius 2 is 2.19 bits per heavy atom. The number of nitrogens with zero attached hydrogens (tertiary/aromatic N) is 1. The molecule has 1 aliphatic rings. The van der Waals surface area contributed by atoms with Gasteiger partial charge < -0.3 is 16.0 Å². The molecule has 0 aromatic rings. The van der Waals surface area contributed by atoms with Gasteiger partial charge in [0, 0.05) is 32.2 Å². The van der Waals surface area contributed by atoms with Crippen molar-refractivity contribution in [1.29, 1.82) is 0 Å². The molecule has 3 N–H and O–H groups in total. The van der Waals surface area contributed by atoms with Crippen LogP contribution in [0.15, 0.2) is 0 Å². The molecule has 1 aliphatic heterocycles. The topological polar surface area (TPSA) is 41.3 Å². The summed E-state index contributed by atoms with van der Waals surface area (Å²) in [4.78, 5) is 2.28. The van der Waals surface area contributed by atoms with Crippen LogP contribution in [0.3, 0.4) is 0 Å². The lowest BCUT2D eigenvalue weighted by molar-refractivity contribution is 0.109. The minimum absolute atomic E-state index is 0.194. The van der Waals surface area contributed by atoms with Crippen molar-refractivity contribution in [2.75, 3.05) is 32.7 Å². The fourth-order valence-corrected chi connectivity index (χ4v) is 2.37. The van der Waals surface area contributed by atoms with Gasteiger partial charge >= 0.3 is 0 Å². The van der Waals surface area contributed by atoms with Crippen LogP contribution >= 0.6 is 0 Å². The predicted molar refractivity (Wildman–Crippen MR) is 61.7 cm³/mol. The van der Waals surface area contributed by atoms with Crippen LogP contribution in [0, 0.1) is 5.92 Å². The number of nitrogens with two attached hydrogens (primary N) is 1. The molecule has 1 saturated heterocycles. The van der Waals surface area contributed by atoms with Crippen molar-refractivity contribution in [3.8, 4) is 0 Å². The molecule has 1 fully saturated rings. The van der Waals surface area contributed by atoms with Gasteiger partial charge in [-0.25, -0.2) is 8.78 Å². The zero-order valence-corrected chi connectivity index (χ0v) is 9.96. The second-order valence-corrected chi connectivity index (χ2v) is 4.55. The van der Waals surface area contributed by atoms with E-state index in [0.29, 0.717) is 12.5 Å². The van der Waals surface area contributed by atoms with Crippen LogP contribution in [-0.2, 0) is 0 Å². The van der Waals surface area contributed by atoms with E-state index in [-0.39, 0.29) is 12.6 Å². The molecule has 2 unspecified atom stereocenters. The Balaban J connectivity index is 2.37. The van der Waals surface area contributed by atoms with Crippen LogP contribution in [0.2, 0.25) is 0 Å². The lowest BCUT2D eigenvalue weighted by Gasteiger charge is -2.37. The van der Waals surface area contributed by atoms with Gasteiger partial charge in [-0.05, 0) is 12.3 Å². The van der Waals surface area contributed by atoms with Gasteiger partial charge in [-0.2, -0.15) is 0 Å². The standard InChI is InChI=1S/C11H23F2N3/c1-2-9-5-10(15-6-11(12)13)8-16(7-9)4-3-14/h9-11,15H,2-8,14H2,1H3. The van der Waals surface area contributed by atoms with Crippen molar-refractivity contribution in [2.45, 2.75) is 32.2 Å². The summed E-state index contributed by atoms with van der Waals surface area (Å²) in [5.74, 6) is 0.607. The fourth-order valence-electron chi connectivity index (χ4n) is 2.37. The van der Waals surface area contributed by atoms with Crippen LogP contribution in [0.25, 0.3) is 0 Å². The number of nitrogens with one attached hydrogen (secondary N) is 1. The predicted octanol–water partition coefficient (Wildman–Crippen LogP) is 0.900. The Morgan fingerprint density at radius 3 is 2.75 bits per heavy atom. The summed E-state index contributed by atoms with van der Waals surface area (Å²) >= 11 is 0. The summed E-state index contributed by atoms with van der Waals surface area (Å²) in [5, 5.41) is 2.94. The van der Waals surface area contributed by atoms with E-state index < -0.39 is 6.43 Å². The highest BCUT2D eigenvalue weighted by Gasteiger charge is 2.25. The number of rotatable bonds is 6. The van der Waals surface area contributed by atoms with Crippen molar-refractivity contribution < 1.29 is 8.78 Å². The Labute approximate surface area is 96.4 Å². The Kier molecular flexibility index (Phi) is 6.16. The van der Waals surface area contributed by atoms with Crippen LogP contribution < -0.4 is 11.1 Å². The van der Waals surface area contributed by atoms with Crippen molar-refractivity contribution >= 4 is 0 Å². The highest BCUT2D eigenvalue weighted by atomic mass is 19.3. The molecule has 0 bridgehead atoms. The SMILES string of the molecule is CCC1CC(NCC(F)F)CN(CCN)C1. The molecule has 3 nitrogen and oxygen atoms in total. The lowest BCUT2D eigenvalue weighted by atomic mass is 9.92. The van der Waals surface area contributed by atoms with E-state index in [1.54, 1.807) is 0 Å². The highest BCUT2D eigenvalue weighted by molar-refractivity contribution is 4.83. The number of hydrogen-bond donors (Lipinski definition) is 2. The van der Waals surface area contributed by atoms with Gasteiger partial charge in [-0.1, -0.05) is 13.3 Å². The summed E-state index contributed by atoms with van der Waals surface area (Å²) in [5.41, 5.74) is 5.53. The molecular weight excluding hydrogens is 212 g/mol. The molecule has 0 aliphatic carbocycles. The highest BCUT2D eigenvalue weighted by Crippen LogP contribution is 2.19. The number of alkyl halides is 2. The first-order valence-corrected chi connectivity index (χ1v) is 6.09. The third kappa shape index (κ3) is 4.72. The second-order valence-electron chi connectivity index (χ2n) is 4.55. The first-order valence-electron chi connectivity index (χ1n) is 6.09. The van der Waals surface area contributed by atoms with E-state index in [2.05, 4.69) is 17.1 Å². The van der Waals surface area contributed by atoms with E-state index in [1.807, 2.05) is 0 Å². The number of hydrogen-bond acceptors (Lipinski definition) is 3. The first kappa shape index (κ1) is 13.8. The van der Waals surface area contributed by atoms with E-state index in [0.717, 1.165) is 32.5 Å². The van der Waals surface area contributed by atoms with Gasteiger partial charge in [0.1, 0.15) is 0 Å². The minimum Gasteiger partial charge on any atom is -0.329 e. The van der Waals surface area contributed by atoms with Crippen LogP contribution in [0.4, 0.5) is 8.78 Å². The zero-order valence-electron chi connectivity index (χ0n) is 9.96. The molecule has 0 spiro atoms. The zero-order chi connectivity index (χ0) is 12.0. The summed E-state index contributed by atoms with van der Waals surface area (Å²) in [6, 6.07) is 0.194. The van der Waals surface area contributed by atoms with Crippen LogP contribution in [0.5, 0.6) is 0 Å². The third-order valence-electron chi connectivity index (χ3n) is 3.20. The van der Waals surface area contributed by atoms with Gasteiger partial charge in [0.2, 0.25) is 0 Å².